The number of alkyl halides is 6. The molecule has 12 heavy (non-hydrogen) atoms. The Labute approximate surface area is 63.0 Å². The molecule has 0 rings (SSSR count). The number of rotatable bonds is 1. The van der Waals surface area contributed by atoms with Crippen LogP contribution in [0, 0.1) is 0 Å². The lowest BCUT2D eigenvalue weighted by Gasteiger charge is -2.34. The third-order valence-corrected chi connectivity index (χ3v) is 1.19. The second kappa shape index (κ2) is 2.77. The second-order valence-corrected chi connectivity index (χ2v) is 2.03. The average molecular weight is 196 g/mol. The smallest absolute Gasteiger partial charge is 0.424 e. The average Bonchev–Trinajstić information content (AvgIpc) is 1.81. The zero-order valence-corrected chi connectivity index (χ0v) is 5.42. The molecule has 0 spiro atoms. The zero-order valence-electron chi connectivity index (χ0n) is 5.42. The number of hydrogen-bond acceptors (Lipinski definition) is 1. The first kappa shape index (κ1) is 11.5. The normalized spacial score (nSPS) is 15.0. The molecule has 2 nitrogen and oxygen atoms in total. The molecule has 0 aromatic rings. The Bertz CT molecular complexity index is 146. The van der Waals surface area contributed by atoms with Gasteiger partial charge in [-0.1, -0.05) is 0 Å². The van der Waals surface area contributed by atoms with Crippen LogP contribution in [0.15, 0.2) is 0 Å². The predicted molar refractivity (Wildman–Crippen MR) is 26.2 cm³/mol. The molecule has 0 aliphatic carbocycles. The van der Waals surface area contributed by atoms with Crippen LogP contribution in [-0.4, -0.2) is 29.6 Å². The number of hydrogen-bond donors (Lipinski definition) is 1. The van der Waals surface area contributed by atoms with Crippen LogP contribution in [-0.2, 0) is 0 Å². The molecular weight excluding hydrogens is 192 g/mol. The summed E-state index contributed by atoms with van der Waals surface area (Å²) in [4.78, 5) is 0. The molecule has 74 valence electrons. The standard InChI is InChI=1S/C4H4F6NO/c5-3(6,7)2(12,1-11)4(8,9)10/h11-12H,1H2/q-1. The van der Waals surface area contributed by atoms with Gasteiger partial charge >= 0.3 is 12.4 Å². The minimum Gasteiger partial charge on any atom is -0.675 e. The lowest BCUT2D eigenvalue weighted by atomic mass is 10.0. The second-order valence-electron chi connectivity index (χ2n) is 2.03. The maximum atomic E-state index is 11.5. The third kappa shape index (κ3) is 1.63. The van der Waals surface area contributed by atoms with Gasteiger partial charge in [0.25, 0.3) is 0 Å². The molecule has 0 atom stereocenters. The molecule has 0 aromatic heterocycles. The first-order valence-electron chi connectivity index (χ1n) is 2.56. The fourth-order valence-corrected chi connectivity index (χ4v) is 0.361. The van der Waals surface area contributed by atoms with Crippen LogP contribution in [0.25, 0.3) is 5.73 Å². The molecule has 0 aliphatic rings. The first-order valence-corrected chi connectivity index (χ1v) is 2.56. The van der Waals surface area contributed by atoms with Crippen LogP contribution < -0.4 is 0 Å². The quantitative estimate of drug-likeness (QED) is 0.639. The lowest BCUT2D eigenvalue weighted by molar-refractivity contribution is -0.361. The van der Waals surface area contributed by atoms with E-state index in [0.29, 0.717) is 0 Å². The molecule has 0 amide bonds. The topological polar surface area (TPSA) is 44.0 Å². The molecule has 0 unspecified atom stereocenters. The number of aliphatic hydroxyl groups is 1. The van der Waals surface area contributed by atoms with E-state index < -0.39 is 24.5 Å². The zero-order chi connectivity index (χ0) is 10.2. The highest BCUT2D eigenvalue weighted by atomic mass is 19.4. The highest BCUT2D eigenvalue weighted by Gasteiger charge is 2.67. The molecule has 0 radical (unpaired) electrons. The Morgan fingerprint density at radius 1 is 0.917 bits per heavy atom. The van der Waals surface area contributed by atoms with Gasteiger partial charge in [0, 0.05) is 0 Å². The maximum Gasteiger partial charge on any atom is 0.424 e. The maximum absolute atomic E-state index is 11.5. The summed E-state index contributed by atoms with van der Waals surface area (Å²) in [6, 6.07) is 0. The van der Waals surface area contributed by atoms with Gasteiger partial charge in [0.05, 0.1) is 0 Å². The summed E-state index contributed by atoms with van der Waals surface area (Å²) < 4.78 is 69.1. The summed E-state index contributed by atoms with van der Waals surface area (Å²) in [5.41, 5.74) is 1.06. The van der Waals surface area contributed by atoms with Crippen LogP contribution in [0.5, 0.6) is 0 Å². The monoisotopic (exact) mass is 196 g/mol. The largest absolute Gasteiger partial charge is 0.675 e. The van der Waals surface area contributed by atoms with Gasteiger partial charge in [0.2, 0.25) is 5.60 Å². The van der Waals surface area contributed by atoms with Crippen molar-refractivity contribution in [1.82, 2.24) is 0 Å². The van der Waals surface area contributed by atoms with E-state index in [9.17, 15) is 26.3 Å². The summed E-state index contributed by atoms with van der Waals surface area (Å²) in [5.74, 6) is 0. The van der Waals surface area contributed by atoms with Crippen molar-refractivity contribution in [2.45, 2.75) is 18.0 Å². The van der Waals surface area contributed by atoms with E-state index in [0.717, 1.165) is 0 Å². The Morgan fingerprint density at radius 3 is 1.17 bits per heavy atom. The van der Waals surface area contributed by atoms with E-state index >= 15 is 0 Å². The molecule has 0 aliphatic heterocycles. The van der Waals surface area contributed by atoms with Crippen LogP contribution in [0.1, 0.15) is 0 Å². The SMILES string of the molecule is [NH-]CC(O)(C(F)(F)F)C(F)(F)F. The summed E-state index contributed by atoms with van der Waals surface area (Å²) in [6.07, 6.45) is -11.7. The molecule has 0 fully saturated rings. The van der Waals surface area contributed by atoms with Gasteiger partial charge in [-0.15, -0.1) is 6.54 Å². The van der Waals surface area contributed by atoms with Crippen LogP contribution in [0.4, 0.5) is 26.3 Å². The Hall–Kier alpha value is -0.500. The van der Waals surface area contributed by atoms with Crippen molar-refractivity contribution >= 4 is 0 Å². The molecule has 0 heterocycles. The minimum absolute atomic E-state index is 2.19. The van der Waals surface area contributed by atoms with Crippen molar-refractivity contribution in [3.05, 3.63) is 5.73 Å². The first-order chi connectivity index (χ1) is 5.06. The Kier molecular flexibility index (Phi) is 2.65. The van der Waals surface area contributed by atoms with Gasteiger partial charge in [0.15, 0.2) is 0 Å². The molecule has 0 bridgehead atoms. The molecule has 0 aromatic carbocycles. The highest BCUT2D eigenvalue weighted by molar-refractivity contribution is 4.97. The van der Waals surface area contributed by atoms with Crippen LogP contribution in [0.2, 0.25) is 0 Å². The van der Waals surface area contributed by atoms with Gasteiger partial charge in [0.1, 0.15) is 0 Å². The van der Waals surface area contributed by atoms with Crippen molar-refractivity contribution in [2.24, 2.45) is 0 Å². The Morgan fingerprint density at radius 2 is 1.17 bits per heavy atom. The van der Waals surface area contributed by atoms with Gasteiger partial charge < -0.3 is 10.8 Å². The van der Waals surface area contributed by atoms with Gasteiger partial charge in [-0.3, -0.25) is 0 Å². The van der Waals surface area contributed by atoms with Crippen molar-refractivity contribution in [3.63, 3.8) is 0 Å². The number of nitrogens with one attached hydrogen (secondary N) is 1. The summed E-state index contributed by atoms with van der Waals surface area (Å²) in [6.45, 7) is -2.19. The van der Waals surface area contributed by atoms with Crippen LogP contribution >= 0.6 is 0 Å². The molecule has 0 saturated heterocycles. The fourth-order valence-electron chi connectivity index (χ4n) is 0.361. The number of halogens is 6. The summed E-state index contributed by atoms with van der Waals surface area (Å²) in [7, 11) is 0. The Balaban J connectivity index is 4.95. The predicted octanol–water partition coefficient (Wildman–Crippen LogP) is 1.89. The molecule has 0 saturated carbocycles. The van der Waals surface area contributed by atoms with Gasteiger partial charge in [-0.25, -0.2) is 0 Å². The van der Waals surface area contributed by atoms with Crippen molar-refractivity contribution in [1.29, 1.82) is 0 Å². The van der Waals surface area contributed by atoms with E-state index in [4.69, 9.17) is 10.8 Å². The summed E-state index contributed by atoms with van der Waals surface area (Å²) in [5, 5.41) is 8.06. The fraction of sp³-hybridized carbons (Fsp3) is 1.00. The third-order valence-electron chi connectivity index (χ3n) is 1.19. The van der Waals surface area contributed by atoms with E-state index in [1.807, 2.05) is 0 Å². The molecule has 2 N–H and O–H groups in total. The summed E-state index contributed by atoms with van der Waals surface area (Å²) >= 11 is 0. The van der Waals surface area contributed by atoms with E-state index in [1.165, 1.54) is 0 Å². The van der Waals surface area contributed by atoms with E-state index in [1.54, 1.807) is 0 Å². The lowest BCUT2D eigenvalue weighted by Crippen LogP contribution is -2.58. The van der Waals surface area contributed by atoms with Crippen LogP contribution in [0.3, 0.4) is 0 Å². The minimum atomic E-state index is -5.87. The van der Waals surface area contributed by atoms with Crippen molar-refractivity contribution in [2.75, 3.05) is 6.54 Å². The van der Waals surface area contributed by atoms with E-state index in [-0.39, 0.29) is 0 Å². The molecule has 8 heteroatoms. The highest BCUT2D eigenvalue weighted by Crippen LogP contribution is 2.42. The molecular formula is C4H4F6NO-. The van der Waals surface area contributed by atoms with Gasteiger partial charge in [-0.2, -0.15) is 26.3 Å². The van der Waals surface area contributed by atoms with Crippen molar-refractivity contribution in [3.8, 4) is 0 Å². The van der Waals surface area contributed by atoms with Crippen molar-refractivity contribution < 1.29 is 31.4 Å². The van der Waals surface area contributed by atoms with E-state index in [2.05, 4.69) is 0 Å². The van der Waals surface area contributed by atoms with Gasteiger partial charge in [-0.05, 0) is 0 Å².